The molecule has 5 heteroatoms. The Morgan fingerprint density at radius 1 is 0.960 bits per heavy atom. The summed E-state index contributed by atoms with van der Waals surface area (Å²) in [5.41, 5.74) is 2.99. The van der Waals surface area contributed by atoms with Crippen LogP contribution in [-0.2, 0) is 6.54 Å². The van der Waals surface area contributed by atoms with Crippen molar-refractivity contribution in [2.24, 2.45) is 0 Å². The summed E-state index contributed by atoms with van der Waals surface area (Å²) < 4.78 is 7.18. The van der Waals surface area contributed by atoms with Gasteiger partial charge in [0.2, 0.25) is 0 Å². The number of rotatable bonds is 3. The number of hydrogen-bond donors (Lipinski definition) is 1. The Morgan fingerprint density at radius 2 is 1.72 bits per heavy atom. The summed E-state index contributed by atoms with van der Waals surface area (Å²) in [4.78, 5) is 11.0. The van der Waals surface area contributed by atoms with Crippen LogP contribution in [0.1, 0.15) is 29.7 Å². The Morgan fingerprint density at radius 3 is 2.52 bits per heavy atom. The van der Waals surface area contributed by atoms with Gasteiger partial charge >= 0.3 is 0 Å². The molecule has 0 bridgehead atoms. The fraction of sp³-hybridized carbons (Fsp3) is 0.300. The van der Waals surface area contributed by atoms with E-state index in [0.717, 1.165) is 42.1 Å². The number of nitrogens with zero attached hydrogens (tertiary/aromatic N) is 2. The molecule has 1 saturated heterocycles. The minimum absolute atomic E-state index is 0.602. The van der Waals surface area contributed by atoms with Crippen LogP contribution in [0.2, 0.25) is 0 Å². The minimum Gasteiger partial charge on any atom is -0.435 e. The van der Waals surface area contributed by atoms with E-state index < -0.39 is 0 Å². The van der Waals surface area contributed by atoms with Crippen molar-refractivity contribution in [2.75, 3.05) is 13.1 Å². The zero-order valence-corrected chi connectivity index (χ0v) is 14.8. The maximum absolute atomic E-state index is 5.88. The molecule has 5 rings (SSSR count). The first-order chi connectivity index (χ1) is 12.3. The summed E-state index contributed by atoms with van der Waals surface area (Å²) in [5, 5.41) is 1.31. The van der Waals surface area contributed by atoms with Crippen molar-refractivity contribution >= 4 is 32.7 Å². The first kappa shape index (κ1) is 15.0. The van der Waals surface area contributed by atoms with Crippen molar-refractivity contribution < 1.29 is 9.32 Å². The summed E-state index contributed by atoms with van der Waals surface area (Å²) in [5.74, 6) is 1.46. The molecule has 0 radical (unpaired) electrons. The predicted molar refractivity (Wildman–Crippen MR) is 100 cm³/mol. The third-order valence-electron chi connectivity index (χ3n) is 5.09. The van der Waals surface area contributed by atoms with Crippen LogP contribution in [0.5, 0.6) is 0 Å². The van der Waals surface area contributed by atoms with Gasteiger partial charge in [-0.25, -0.2) is 9.97 Å². The van der Waals surface area contributed by atoms with E-state index in [1.807, 2.05) is 35.6 Å². The summed E-state index contributed by atoms with van der Waals surface area (Å²) >= 11 is 1.86. The molecule has 0 aliphatic carbocycles. The van der Waals surface area contributed by atoms with E-state index in [4.69, 9.17) is 9.40 Å². The van der Waals surface area contributed by atoms with E-state index in [1.165, 1.54) is 22.5 Å². The molecule has 1 aliphatic heterocycles. The normalized spacial score (nSPS) is 21.1. The third kappa shape index (κ3) is 2.94. The molecule has 0 atom stereocenters. The number of thiazole rings is 1. The van der Waals surface area contributed by atoms with Gasteiger partial charge in [-0.15, -0.1) is 11.3 Å². The fourth-order valence-electron chi connectivity index (χ4n) is 3.72. The number of fused-ring (bicyclic) bond motifs is 2. The van der Waals surface area contributed by atoms with Crippen LogP contribution in [0.25, 0.3) is 21.3 Å². The quantitative estimate of drug-likeness (QED) is 0.616. The molecular formula is C20H20N3OS+. The lowest BCUT2D eigenvalue weighted by molar-refractivity contribution is -0.920. The van der Waals surface area contributed by atoms with Gasteiger partial charge in [-0.2, -0.15) is 0 Å². The number of benzene rings is 2. The average molecular weight is 350 g/mol. The van der Waals surface area contributed by atoms with Gasteiger partial charge in [0.05, 0.1) is 28.3 Å². The number of oxazole rings is 1. The lowest BCUT2D eigenvalue weighted by atomic mass is 9.97. The standard InChI is InChI=1S/C20H19N3OS/c1-3-7-17-15(5-1)21-19(24-17)13-23-11-9-14(10-12-23)20-22-16-6-2-4-8-18(16)25-20/h1-8,14H,9-13H2/p+1. The number of quaternary nitrogens is 1. The molecule has 1 N–H and O–H groups in total. The van der Waals surface area contributed by atoms with Gasteiger partial charge in [-0.3, -0.25) is 0 Å². The summed E-state index contributed by atoms with van der Waals surface area (Å²) in [6.45, 7) is 3.18. The smallest absolute Gasteiger partial charge is 0.251 e. The summed E-state index contributed by atoms with van der Waals surface area (Å²) in [6.07, 6.45) is 2.38. The molecule has 0 amide bonds. The molecule has 1 aliphatic rings. The monoisotopic (exact) mass is 350 g/mol. The Balaban J connectivity index is 1.26. The molecule has 0 spiro atoms. The number of para-hydroxylation sites is 3. The van der Waals surface area contributed by atoms with Crippen LogP contribution in [0.15, 0.2) is 52.9 Å². The molecule has 3 heterocycles. The SMILES string of the molecule is c1ccc2oc(C[NH+]3CCC(c4nc5ccccc5s4)CC3)nc2c1. The molecular weight excluding hydrogens is 330 g/mol. The second-order valence-corrected chi connectivity index (χ2v) is 7.86. The van der Waals surface area contributed by atoms with Crippen molar-refractivity contribution in [3.63, 3.8) is 0 Å². The summed E-state index contributed by atoms with van der Waals surface area (Å²) in [6, 6.07) is 16.4. The molecule has 4 nitrogen and oxygen atoms in total. The first-order valence-electron chi connectivity index (χ1n) is 8.89. The minimum atomic E-state index is 0.602. The topological polar surface area (TPSA) is 43.4 Å². The maximum atomic E-state index is 5.88. The Hall–Kier alpha value is -2.24. The molecule has 2 aromatic carbocycles. The molecule has 4 aromatic rings. The average Bonchev–Trinajstić information content (AvgIpc) is 3.25. The van der Waals surface area contributed by atoms with Crippen LogP contribution in [0.4, 0.5) is 0 Å². The van der Waals surface area contributed by atoms with E-state index in [-0.39, 0.29) is 0 Å². The van der Waals surface area contributed by atoms with E-state index >= 15 is 0 Å². The summed E-state index contributed by atoms with van der Waals surface area (Å²) in [7, 11) is 0. The van der Waals surface area contributed by atoms with E-state index in [0.29, 0.717) is 5.92 Å². The number of hydrogen-bond acceptors (Lipinski definition) is 4. The number of likely N-dealkylation sites (tertiary alicyclic amines) is 1. The van der Waals surface area contributed by atoms with Crippen LogP contribution in [-0.4, -0.2) is 23.1 Å². The molecule has 2 aromatic heterocycles. The lowest BCUT2D eigenvalue weighted by Gasteiger charge is -2.27. The Kier molecular flexibility index (Phi) is 3.76. The number of aromatic nitrogens is 2. The van der Waals surface area contributed by atoms with Crippen molar-refractivity contribution in [2.45, 2.75) is 25.3 Å². The van der Waals surface area contributed by atoms with E-state index in [2.05, 4.69) is 29.2 Å². The van der Waals surface area contributed by atoms with Gasteiger partial charge in [-0.05, 0) is 24.3 Å². The predicted octanol–water partition coefficient (Wildman–Crippen LogP) is 3.40. The van der Waals surface area contributed by atoms with E-state index in [9.17, 15) is 0 Å². The van der Waals surface area contributed by atoms with Gasteiger partial charge in [0.15, 0.2) is 12.1 Å². The van der Waals surface area contributed by atoms with Gasteiger partial charge in [-0.1, -0.05) is 24.3 Å². The van der Waals surface area contributed by atoms with Crippen LogP contribution >= 0.6 is 11.3 Å². The van der Waals surface area contributed by atoms with Crippen LogP contribution < -0.4 is 4.90 Å². The van der Waals surface area contributed by atoms with Gasteiger partial charge in [0.1, 0.15) is 5.52 Å². The molecule has 0 unspecified atom stereocenters. The van der Waals surface area contributed by atoms with Crippen LogP contribution in [0.3, 0.4) is 0 Å². The molecule has 0 saturated carbocycles. The van der Waals surface area contributed by atoms with E-state index in [1.54, 1.807) is 4.90 Å². The molecule has 126 valence electrons. The van der Waals surface area contributed by atoms with Crippen molar-refractivity contribution in [1.82, 2.24) is 9.97 Å². The molecule has 25 heavy (non-hydrogen) atoms. The second-order valence-electron chi connectivity index (χ2n) is 6.80. The van der Waals surface area contributed by atoms with Gasteiger partial charge in [0, 0.05) is 18.8 Å². The van der Waals surface area contributed by atoms with Crippen molar-refractivity contribution in [3.05, 3.63) is 59.4 Å². The highest BCUT2D eigenvalue weighted by atomic mass is 32.1. The number of nitrogens with one attached hydrogen (secondary N) is 1. The highest BCUT2D eigenvalue weighted by Gasteiger charge is 2.26. The zero-order valence-electron chi connectivity index (χ0n) is 13.9. The lowest BCUT2D eigenvalue weighted by Crippen LogP contribution is -3.11. The fourth-order valence-corrected chi connectivity index (χ4v) is 4.86. The Bertz CT molecular complexity index is 948. The largest absolute Gasteiger partial charge is 0.435 e. The zero-order chi connectivity index (χ0) is 16.6. The number of piperidine rings is 1. The van der Waals surface area contributed by atoms with Gasteiger partial charge < -0.3 is 9.32 Å². The maximum Gasteiger partial charge on any atom is 0.251 e. The highest BCUT2D eigenvalue weighted by molar-refractivity contribution is 7.18. The third-order valence-corrected chi connectivity index (χ3v) is 6.29. The van der Waals surface area contributed by atoms with Crippen LogP contribution in [0, 0.1) is 0 Å². The highest BCUT2D eigenvalue weighted by Crippen LogP contribution is 2.31. The van der Waals surface area contributed by atoms with Crippen molar-refractivity contribution in [3.8, 4) is 0 Å². The Labute approximate surface area is 150 Å². The first-order valence-corrected chi connectivity index (χ1v) is 9.70. The molecule has 1 fully saturated rings. The van der Waals surface area contributed by atoms with Crippen molar-refractivity contribution in [1.29, 1.82) is 0 Å². The van der Waals surface area contributed by atoms with Gasteiger partial charge in [0.25, 0.3) is 5.89 Å². The second kappa shape index (κ2) is 6.24.